The summed E-state index contributed by atoms with van der Waals surface area (Å²) in [4.78, 5) is 0. The number of halogens is 5. The Balaban J connectivity index is 2.49. The SMILES string of the molecule is Cc1ccc(F)c(Oc2ccc(C#N)c(C(F)(F)F)c2)c1F. The zero-order chi connectivity index (χ0) is 16.5. The number of nitriles is 1. The monoisotopic (exact) mass is 313 g/mol. The first-order valence-corrected chi connectivity index (χ1v) is 5.98. The lowest BCUT2D eigenvalue weighted by molar-refractivity contribution is -0.137. The topological polar surface area (TPSA) is 33.0 Å². The maximum Gasteiger partial charge on any atom is 0.417 e. The molecule has 7 heteroatoms. The summed E-state index contributed by atoms with van der Waals surface area (Å²) in [6, 6.07) is 5.97. The number of hydrogen-bond donors (Lipinski definition) is 0. The van der Waals surface area contributed by atoms with Gasteiger partial charge in [-0.3, -0.25) is 0 Å². The van der Waals surface area contributed by atoms with E-state index in [1.54, 1.807) is 0 Å². The second-order valence-electron chi connectivity index (χ2n) is 4.43. The van der Waals surface area contributed by atoms with Gasteiger partial charge in [-0.2, -0.15) is 18.4 Å². The fourth-order valence-electron chi connectivity index (χ4n) is 1.76. The molecule has 0 amide bonds. The van der Waals surface area contributed by atoms with Crippen LogP contribution in [0.4, 0.5) is 22.0 Å². The van der Waals surface area contributed by atoms with Crippen LogP contribution in [0.1, 0.15) is 16.7 Å². The minimum atomic E-state index is -4.78. The van der Waals surface area contributed by atoms with E-state index in [4.69, 9.17) is 10.00 Å². The van der Waals surface area contributed by atoms with E-state index in [9.17, 15) is 22.0 Å². The predicted molar refractivity (Wildman–Crippen MR) is 67.3 cm³/mol. The van der Waals surface area contributed by atoms with Crippen molar-refractivity contribution >= 4 is 0 Å². The van der Waals surface area contributed by atoms with Crippen molar-refractivity contribution in [3.8, 4) is 17.6 Å². The third kappa shape index (κ3) is 3.01. The average molecular weight is 313 g/mol. The van der Waals surface area contributed by atoms with Gasteiger partial charge in [-0.1, -0.05) is 6.07 Å². The van der Waals surface area contributed by atoms with Crippen LogP contribution in [-0.4, -0.2) is 0 Å². The minimum Gasteiger partial charge on any atom is -0.451 e. The molecule has 0 unspecified atom stereocenters. The molecule has 0 aliphatic rings. The molecule has 2 nitrogen and oxygen atoms in total. The van der Waals surface area contributed by atoms with Gasteiger partial charge in [0, 0.05) is 0 Å². The standard InChI is InChI=1S/C15H8F5NO/c1-8-2-5-12(16)14(13(8)17)22-10-4-3-9(7-21)11(6-10)15(18,19)20/h2-6H,1H3. The van der Waals surface area contributed by atoms with Crippen LogP contribution in [0.25, 0.3) is 0 Å². The highest BCUT2D eigenvalue weighted by Crippen LogP contribution is 2.36. The number of aryl methyl sites for hydroxylation is 1. The first-order valence-electron chi connectivity index (χ1n) is 5.98. The molecular formula is C15H8F5NO. The summed E-state index contributed by atoms with van der Waals surface area (Å²) in [6.07, 6.45) is -4.78. The molecule has 0 saturated heterocycles. The van der Waals surface area contributed by atoms with Gasteiger partial charge in [0.15, 0.2) is 17.4 Å². The molecule has 0 saturated carbocycles. The highest BCUT2D eigenvalue weighted by Gasteiger charge is 2.34. The van der Waals surface area contributed by atoms with Crippen LogP contribution in [0.5, 0.6) is 11.5 Å². The predicted octanol–water partition coefficient (Wildman–Crippen LogP) is 4.96. The van der Waals surface area contributed by atoms with Crippen LogP contribution in [0, 0.1) is 29.9 Å². The number of hydrogen-bond acceptors (Lipinski definition) is 2. The maximum absolute atomic E-state index is 13.8. The molecule has 2 aromatic rings. The Labute approximate surface area is 122 Å². The lowest BCUT2D eigenvalue weighted by atomic mass is 10.1. The number of ether oxygens (including phenoxy) is 1. The summed E-state index contributed by atoms with van der Waals surface area (Å²) in [5.74, 6) is -3.26. The molecular weight excluding hydrogens is 305 g/mol. The fourth-order valence-corrected chi connectivity index (χ4v) is 1.76. The van der Waals surface area contributed by atoms with Crippen molar-refractivity contribution in [3.05, 3.63) is 58.7 Å². The maximum atomic E-state index is 13.8. The molecule has 0 aliphatic heterocycles. The molecule has 0 spiro atoms. The van der Waals surface area contributed by atoms with Gasteiger partial charge < -0.3 is 4.74 Å². The summed E-state index contributed by atoms with van der Waals surface area (Å²) in [5, 5.41) is 8.68. The zero-order valence-electron chi connectivity index (χ0n) is 11.1. The van der Waals surface area contributed by atoms with Crippen LogP contribution in [0.2, 0.25) is 0 Å². The van der Waals surface area contributed by atoms with E-state index >= 15 is 0 Å². The third-order valence-electron chi connectivity index (χ3n) is 2.88. The molecule has 0 aliphatic carbocycles. The van der Waals surface area contributed by atoms with E-state index in [0.717, 1.165) is 18.2 Å². The number of nitrogens with zero attached hydrogens (tertiary/aromatic N) is 1. The van der Waals surface area contributed by atoms with Crippen molar-refractivity contribution in [2.75, 3.05) is 0 Å². The number of alkyl halides is 3. The molecule has 114 valence electrons. The van der Waals surface area contributed by atoms with Crippen LogP contribution in [0.15, 0.2) is 30.3 Å². The second-order valence-corrected chi connectivity index (χ2v) is 4.43. The van der Waals surface area contributed by atoms with Gasteiger partial charge in [-0.25, -0.2) is 8.78 Å². The Kier molecular flexibility index (Phi) is 4.04. The van der Waals surface area contributed by atoms with Crippen molar-refractivity contribution < 1.29 is 26.7 Å². The van der Waals surface area contributed by atoms with Crippen molar-refractivity contribution in [1.29, 1.82) is 5.26 Å². The van der Waals surface area contributed by atoms with Gasteiger partial charge >= 0.3 is 6.18 Å². The molecule has 0 radical (unpaired) electrons. The molecule has 2 aromatic carbocycles. The Morgan fingerprint density at radius 1 is 1.09 bits per heavy atom. The zero-order valence-corrected chi connectivity index (χ0v) is 11.1. The number of rotatable bonds is 2. The van der Waals surface area contributed by atoms with E-state index in [0.29, 0.717) is 6.07 Å². The van der Waals surface area contributed by atoms with Crippen molar-refractivity contribution in [2.45, 2.75) is 13.1 Å². The Hall–Kier alpha value is -2.62. The summed E-state index contributed by atoms with van der Waals surface area (Å²) >= 11 is 0. The summed E-state index contributed by atoms with van der Waals surface area (Å²) in [7, 11) is 0. The van der Waals surface area contributed by atoms with Gasteiger partial charge in [0.05, 0.1) is 17.2 Å². The van der Waals surface area contributed by atoms with E-state index in [2.05, 4.69) is 0 Å². The van der Waals surface area contributed by atoms with Crippen LogP contribution >= 0.6 is 0 Å². The molecule has 0 bridgehead atoms. The second kappa shape index (κ2) is 5.64. The summed E-state index contributed by atoms with van der Waals surface area (Å²) in [5.41, 5.74) is -1.76. The third-order valence-corrected chi connectivity index (χ3v) is 2.88. The molecule has 0 atom stereocenters. The van der Waals surface area contributed by atoms with Crippen molar-refractivity contribution in [2.24, 2.45) is 0 Å². The van der Waals surface area contributed by atoms with Crippen LogP contribution in [-0.2, 0) is 6.18 Å². The first-order chi connectivity index (χ1) is 10.2. The van der Waals surface area contributed by atoms with Crippen LogP contribution < -0.4 is 4.74 Å². The Bertz CT molecular complexity index is 762. The van der Waals surface area contributed by atoms with Gasteiger partial charge in [-0.15, -0.1) is 0 Å². The highest BCUT2D eigenvalue weighted by molar-refractivity contribution is 5.46. The number of benzene rings is 2. The van der Waals surface area contributed by atoms with Gasteiger partial charge in [0.1, 0.15) is 5.75 Å². The molecule has 0 heterocycles. The molecule has 0 N–H and O–H groups in total. The van der Waals surface area contributed by atoms with Crippen molar-refractivity contribution in [1.82, 2.24) is 0 Å². The Morgan fingerprint density at radius 3 is 2.36 bits per heavy atom. The van der Waals surface area contributed by atoms with Gasteiger partial charge in [0.2, 0.25) is 0 Å². The quantitative estimate of drug-likeness (QED) is 0.734. The first kappa shape index (κ1) is 15.8. The highest BCUT2D eigenvalue weighted by atomic mass is 19.4. The minimum absolute atomic E-state index is 0.0843. The van der Waals surface area contributed by atoms with E-state index < -0.39 is 40.4 Å². The molecule has 0 aromatic heterocycles. The molecule has 22 heavy (non-hydrogen) atoms. The molecule has 2 rings (SSSR count). The van der Waals surface area contributed by atoms with E-state index in [-0.39, 0.29) is 5.56 Å². The van der Waals surface area contributed by atoms with Gasteiger partial charge in [-0.05, 0) is 36.8 Å². The lowest BCUT2D eigenvalue weighted by Gasteiger charge is -2.13. The van der Waals surface area contributed by atoms with E-state index in [1.807, 2.05) is 0 Å². The average Bonchev–Trinajstić information content (AvgIpc) is 2.46. The smallest absolute Gasteiger partial charge is 0.417 e. The van der Waals surface area contributed by atoms with Crippen LogP contribution in [0.3, 0.4) is 0 Å². The van der Waals surface area contributed by atoms with Gasteiger partial charge in [0.25, 0.3) is 0 Å². The molecule has 0 fully saturated rings. The van der Waals surface area contributed by atoms with E-state index in [1.165, 1.54) is 19.1 Å². The summed E-state index contributed by atoms with van der Waals surface area (Å²) < 4.78 is 70.7. The lowest BCUT2D eigenvalue weighted by Crippen LogP contribution is -2.08. The summed E-state index contributed by atoms with van der Waals surface area (Å²) in [6.45, 7) is 1.36. The Morgan fingerprint density at radius 2 is 1.77 bits per heavy atom. The largest absolute Gasteiger partial charge is 0.451 e. The van der Waals surface area contributed by atoms with Crippen molar-refractivity contribution in [3.63, 3.8) is 0 Å². The normalized spacial score (nSPS) is 11.1. The fraction of sp³-hybridized carbons (Fsp3) is 0.133.